The number of aromatic nitrogens is 2. The minimum atomic E-state index is -0.567. The number of aliphatic hydroxyl groups is 1. The molecule has 3 aromatic rings. The van der Waals surface area contributed by atoms with Gasteiger partial charge in [0.05, 0.1) is 22.5 Å². The Morgan fingerprint density at radius 1 is 1.15 bits per heavy atom. The Labute approximate surface area is 203 Å². The molecule has 1 aliphatic heterocycles. The lowest BCUT2D eigenvalue weighted by molar-refractivity contribution is 0.0994. The van der Waals surface area contributed by atoms with E-state index >= 15 is 0 Å². The van der Waals surface area contributed by atoms with E-state index < -0.39 is 5.91 Å². The fourth-order valence-corrected chi connectivity index (χ4v) is 4.55. The van der Waals surface area contributed by atoms with Crippen molar-refractivity contribution in [3.8, 4) is 16.9 Å². The minimum Gasteiger partial charge on any atom is -0.392 e. The van der Waals surface area contributed by atoms with Crippen LogP contribution in [0.1, 0.15) is 53.2 Å². The third-order valence-corrected chi connectivity index (χ3v) is 6.54. The number of piperidine rings is 1. The minimum absolute atomic E-state index is 0.0752. The topological polar surface area (TPSA) is 93.2 Å². The Hall–Kier alpha value is -2.38. The second-order valence-corrected chi connectivity index (χ2v) is 9.43. The van der Waals surface area contributed by atoms with Crippen LogP contribution < -0.4 is 11.1 Å². The van der Waals surface area contributed by atoms with E-state index in [2.05, 4.69) is 34.7 Å². The second kappa shape index (κ2) is 10.3. The quantitative estimate of drug-likeness (QED) is 0.490. The summed E-state index contributed by atoms with van der Waals surface area (Å²) in [4.78, 5) is 11.8. The van der Waals surface area contributed by atoms with Gasteiger partial charge in [0.15, 0.2) is 5.69 Å². The zero-order chi connectivity index (χ0) is 23.5. The van der Waals surface area contributed by atoms with E-state index in [-0.39, 0.29) is 11.8 Å². The fourth-order valence-electron chi connectivity index (χ4n) is 4.06. The molecule has 2 aliphatic rings. The first-order chi connectivity index (χ1) is 15.8. The number of carbonyl (C=O) groups excluding carboxylic acids is 1. The largest absolute Gasteiger partial charge is 0.392 e. The van der Waals surface area contributed by atoms with Crippen LogP contribution in [0.5, 0.6) is 0 Å². The molecule has 0 bridgehead atoms. The van der Waals surface area contributed by atoms with Gasteiger partial charge in [-0.15, -0.1) is 0 Å². The highest BCUT2D eigenvalue weighted by Crippen LogP contribution is 2.41. The van der Waals surface area contributed by atoms with Crippen molar-refractivity contribution >= 4 is 29.1 Å². The summed E-state index contributed by atoms with van der Waals surface area (Å²) in [6, 6.07) is 13.6. The van der Waals surface area contributed by atoms with E-state index in [0.717, 1.165) is 42.8 Å². The Morgan fingerprint density at radius 2 is 1.88 bits per heavy atom. The number of amides is 1. The standard InChI is InChI=1S/C20H17Cl2N3O.C5H11NO/c1-11-18(20(23)26)24-25(17-9-8-15(21)10-16(17)22)19(11)14-6-4-13(5-7-14)12-2-3-12;7-5-2-1-3-6-4-5/h4-10,12H,2-3H2,1H3,(H2,23,26);5-7H,1-4H2. The highest BCUT2D eigenvalue weighted by molar-refractivity contribution is 6.35. The van der Waals surface area contributed by atoms with Gasteiger partial charge in [-0.2, -0.15) is 5.10 Å². The normalized spacial score (nSPS) is 17.9. The molecule has 1 saturated carbocycles. The maximum atomic E-state index is 11.8. The molecule has 8 heteroatoms. The van der Waals surface area contributed by atoms with Gasteiger partial charge in [0.25, 0.3) is 5.91 Å². The summed E-state index contributed by atoms with van der Waals surface area (Å²) >= 11 is 12.4. The van der Waals surface area contributed by atoms with Crippen LogP contribution in [0.25, 0.3) is 16.9 Å². The van der Waals surface area contributed by atoms with Gasteiger partial charge < -0.3 is 16.2 Å². The molecular weight excluding hydrogens is 459 g/mol. The van der Waals surface area contributed by atoms with Crippen LogP contribution in [0.4, 0.5) is 0 Å². The number of halogens is 2. The highest BCUT2D eigenvalue weighted by atomic mass is 35.5. The van der Waals surface area contributed by atoms with E-state index in [1.807, 2.05) is 6.92 Å². The molecule has 2 aromatic carbocycles. The molecular formula is C25H28Cl2N4O2. The van der Waals surface area contributed by atoms with Gasteiger partial charge in [0.2, 0.25) is 0 Å². The molecule has 5 rings (SSSR count). The number of rotatable bonds is 4. The molecule has 174 valence electrons. The molecule has 0 radical (unpaired) electrons. The van der Waals surface area contributed by atoms with E-state index in [1.165, 1.54) is 18.4 Å². The summed E-state index contributed by atoms with van der Waals surface area (Å²) in [5, 5.41) is 17.3. The molecule has 1 aromatic heterocycles. The van der Waals surface area contributed by atoms with Crippen molar-refractivity contribution in [1.82, 2.24) is 15.1 Å². The number of nitrogens with zero attached hydrogens (tertiary/aromatic N) is 2. The summed E-state index contributed by atoms with van der Waals surface area (Å²) in [5.74, 6) is 0.115. The van der Waals surface area contributed by atoms with Crippen LogP contribution in [-0.4, -0.2) is 40.0 Å². The van der Waals surface area contributed by atoms with E-state index in [1.54, 1.807) is 22.9 Å². The Kier molecular flexibility index (Phi) is 7.39. The van der Waals surface area contributed by atoms with Crippen molar-refractivity contribution < 1.29 is 9.90 Å². The SMILES string of the molecule is Cc1c(C(N)=O)nn(-c2ccc(Cl)cc2Cl)c1-c1ccc(C2CC2)cc1.OC1CCCNC1. The predicted octanol–water partition coefficient (Wildman–Crippen LogP) is 4.86. The van der Waals surface area contributed by atoms with Crippen LogP contribution in [-0.2, 0) is 0 Å². The molecule has 33 heavy (non-hydrogen) atoms. The third-order valence-electron chi connectivity index (χ3n) is 6.00. The zero-order valence-electron chi connectivity index (χ0n) is 18.5. The summed E-state index contributed by atoms with van der Waals surface area (Å²) in [7, 11) is 0. The number of primary amides is 1. The van der Waals surface area contributed by atoms with E-state index in [9.17, 15) is 4.79 Å². The van der Waals surface area contributed by atoms with Crippen LogP contribution in [0.3, 0.4) is 0 Å². The van der Waals surface area contributed by atoms with Crippen LogP contribution in [0.15, 0.2) is 42.5 Å². The maximum Gasteiger partial charge on any atom is 0.269 e. The Balaban J connectivity index is 0.000000318. The summed E-state index contributed by atoms with van der Waals surface area (Å²) < 4.78 is 1.67. The number of nitrogens with two attached hydrogens (primary N) is 1. The second-order valence-electron chi connectivity index (χ2n) is 8.59. The first-order valence-electron chi connectivity index (χ1n) is 11.2. The number of aliphatic hydroxyl groups excluding tert-OH is 1. The van der Waals surface area contributed by atoms with Gasteiger partial charge in [0, 0.05) is 22.7 Å². The number of nitrogens with one attached hydrogen (secondary N) is 1. The molecule has 2 heterocycles. The summed E-state index contributed by atoms with van der Waals surface area (Å²) in [6.07, 6.45) is 4.54. The fraction of sp³-hybridized carbons (Fsp3) is 0.360. The molecule has 0 spiro atoms. The van der Waals surface area contributed by atoms with Crippen molar-refractivity contribution in [1.29, 1.82) is 0 Å². The average molecular weight is 487 g/mol. The van der Waals surface area contributed by atoms with Crippen molar-refractivity contribution in [3.63, 3.8) is 0 Å². The van der Waals surface area contributed by atoms with Gasteiger partial charge in [-0.1, -0.05) is 47.5 Å². The van der Waals surface area contributed by atoms with Crippen LogP contribution in [0.2, 0.25) is 10.0 Å². The van der Waals surface area contributed by atoms with Crippen molar-refractivity contribution in [3.05, 3.63) is 69.3 Å². The monoisotopic (exact) mass is 486 g/mol. The highest BCUT2D eigenvalue weighted by Gasteiger charge is 2.25. The Morgan fingerprint density at radius 3 is 2.39 bits per heavy atom. The summed E-state index contributed by atoms with van der Waals surface area (Å²) in [5.41, 5.74) is 10.2. The van der Waals surface area contributed by atoms with Crippen molar-refractivity contribution in [2.45, 2.75) is 44.6 Å². The molecule has 1 aliphatic carbocycles. The molecule has 1 atom stereocenters. The molecule has 2 fully saturated rings. The number of benzene rings is 2. The lowest BCUT2D eigenvalue weighted by atomic mass is 10.0. The van der Waals surface area contributed by atoms with E-state index in [4.69, 9.17) is 34.0 Å². The zero-order valence-corrected chi connectivity index (χ0v) is 20.0. The summed E-state index contributed by atoms with van der Waals surface area (Å²) in [6.45, 7) is 3.72. The van der Waals surface area contributed by atoms with Gasteiger partial charge in [-0.05, 0) is 68.8 Å². The number of hydrogen-bond donors (Lipinski definition) is 3. The predicted molar refractivity (Wildman–Crippen MR) is 132 cm³/mol. The lowest BCUT2D eigenvalue weighted by Crippen LogP contribution is -2.33. The molecule has 1 saturated heterocycles. The van der Waals surface area contributed by atoms with Crippen LogP contribution >= 0.6 is 23.2 Å². The van der Waals surface area contributed by atoms with Gasteiger partial charge >= 0.3 is 0 Å². The number of carbonyl (C=O) groups is 1. The van der Waals surface area contributed by atoms with E-state index in [0.29, 0.717) is 21.7 Å². The molecule has 4 N–H and O–H groups in total. The van der Waals surface area contributed by atoms with Gasteiger partial charge in [-0.3, -0.25) is 4.79 Å². The lowest BCUT2D eigenvalue weighted by Gasteiger charge is -2.16. The third kappa shape index (κ3) is 5.58. The van der Waals surface area contributed by atoms with Crippen LogP contribution in [0, 0.1) is 6.92 Å². The first-order valence-corrected chi connectivity index (χ1v) is 11.9. The molecule has 1 unspecified atom stereocenters. The van der Waals surface area contributed by atoms with Crippen molar-refractivity contribution in [2.24, 2.45) is 5.73 Å². The van der Waals surface area contributed by atoms with Gasteiger partial charge in [-0.25, -0.2) is 4.68 Å². The number of hydrogen-bond acceptors (Lipinski definition) is 4. The number of β-amino-alcohol motifs (C(OH)–C–C–N with tert-alkyl or cyclic N) is 1. The average Bonchev–Trinajstić information content (AvgIpc) is 3.58. The first kappa shape index (κ1) is 23.8. The Bertz CT molecular complexity index is 1130. The molecule has 1 amide bonds. The molecule has 6 nitrogen and oxygen atoms in total. The maximum absolute atomic E-state index is 11.8. The van der Waals surface area contributed by atoms with Gasteiger partial charge in [0.1, 0.15) is 0 Å². The smallest absolute Gasteiger partial charge is 0.269 e. The van der Waals surface area contributed by atoms with Crippen molar-refractivity contribution in [2.75, 3.05) is 13.1 Å².